The topological polar surface area (TPSA) is 67.4 Å². The fraction of sp³-hybridized carbons (Fsp3) is 0.263. The predicted molar refractivity (Wildman–Crippen MR) is 99.4 cm³/mol. The Morgan fingerprint density at radius 3 is 2.32 bits per heavy atom. The highest BCUT2D eigenvalue weighted by atomic mass is 32.2. The van der Waals surface area contributed by atoms with Gasteiger partial charge in [0.2, 0.25) is 11.8 Å². The zero-order chi connectivity index (χ0) is 17.9. The molecule has 0 bridgehead atoms. The van der Waals surface area contributed by atoms with Crippen LogP contribution in [-0.2, 0) is 16.0 Å². The second-order valence-electron chi connectivity index (χ2n) is 5.39. The van der Waals surface area contributed by atoms with Crippen molar-refractivity contribution in [1.29, 1.82) is 0 Å². The maximum atomic E-state index is 11.8. The Bertz CT molecular complexity index is 675. The number of benzene rings is 2. The quantitative estimate of drug-likeness (QED) is 0.432. The summed E-state index contributed by atoms with van der Waals surface area (Å²) in [6.45, 7) is 0. The van der Waals surface area contributed by atoms with E-state index in [0.29, 0.717) is 6.42 Å². The van der Waals surface area contributed by atoms with Crippen LogP contribution in [0.3, 0.4) is 0 Å². The van der Waals surface area contributed by atoms with Gasteiger partial charge in [0.25, 0.3) is 0 Å². The molecule has 0 aliphatic heterocycles. The second-order valence-corrected chi connectivity index (χ2v) is 6.55. The van der Waals surface area contributed by atoms with Crippen LogP contribution in [-0.4, -0.2) is 24.7 Å². The van der Waals surface area contributed by atoms with E-state index in [-0.39, 0.29) is 18.2 Å². The summed E-state index contributed by atoms with van der Waals surface area (Å²) in [4.78, 5) is 24.8. The Balaban J connectivity index is 1.59. The number of hydrogen-bond donors (Lipinski definition) is 2. The molecule has 0 saturated carbocycles. The molecule has 0 heterocycles. The summed E-state index contributed by atoms with van der Waals surface area (Å²) >= 11 is 1.71. The lowest BCUT2D eigenvalue weighted by Gasteiger charge is -2.08. The lowest BCUT2D eigenvalue weighted by molar-refractivity contribution is -0.128. The average Bonchev–Trinajstić information content (AvgIpc) is 2.65. The number of hydrazine groups is 1. The first-order chi connectivity index (χ1) is 12.2. The van der Waals surface area contributed by atoms with Crippen molar-refractivity contribution in [1.82, 2.24) is 10.9 Å². The molecule has 0 unspecified atom stereocenters. The van der Waals surface area contributed by atoms with Gasteiger partial charge in [-0.3, -0.25) is 20.4 Å². The van der Waals surface area contributed by atoms with Crippen molar-refractivity contribution in [3.63, 3.8) is 0 Å². The van der Waals surface area contributed by atoms with Gasteiger partial charge in [0.05, 0.1) is 13.5 Å². The van der Waals surface area contributed by atoms with Crippen LogP contribution in [0, 0.1) is 0 Å². The van der Waals surface area contributed by atoms with Gasteiger partial charge < -0.3 is 4.74 Å². The lowest BCUT2D eigenvalue weighted by atomic mass is 10.1. The normalized spacial score (nSPS) is 10.1. The van der Waals surface area contributed by atoms with Crippen molar-refractivity contribution in [2.45, 2.75) is 24.2 Å². The molecule has 0 saturated heterocycles. The van der Waals surface area contributed by atoms with Crippen LogP contribution in [0.15, 0.2) is 59.5 Å². The Hall–Kier alpha value is -2.47. The lowest BCUT2D eigenvalue weighted by Crippen LogP contribution is -2.42. The highest BCUT2D eigenvalue weighted by Crippen LogP contribution is 2.18. The van der Waals surface area contributed by atoms with E-state index in [2.05, 4.69) is 10.9 Å². The van der Waals surface area contributed by atoms with E-state index in [0.717, 1.165) is 23.5 Å². The van der Waals surface area contributed by atoms with E-state index < -0.39 is 0 Å². The third-order valence-electron chi connectivity index (χ3n) is 3.43. The highest BCUT2D eigenvalue weighted by molar-refractivity contribution is 7.99. The molecule has 2 rings (SSSR count). The molecule has 0 spiro atoms. The van der Waals surface area contributed by atoms with Gasteiger partial charge in [-0.1, -0.05) is 30.3 Å². The molecule has 2 aromatic rings. The van der Waals surface area contributed by atoms with Crippen LogP contribution < -0.4 is 15.6 Å². The van der Waals surface area contributed by atoms with Crippen LogP contribution >= 0.6 is 11.8 Å². The van der Waals surface area contributed by atoms with Crippen molar-refractivity contribution in [3.8, 4) is 5.75 Å². The number of amides is 2. The first-order valence-electron chi connectivity index (χ1n) is 8.06. The van der Waals surface area contributed by atoms with Gasteiger partial charge in [-0.2, -0.15) is 0 Å². The minimum absolute atomic E-state index is 0.184. The van der Waals surface area contributed by atoms with Gasteiger partial charge in [0, 0.05) is 11.3 Å². The molecule has 2 N–H and O–H groups in total. The van der Waals surface area contributed by atoms with Crippen molar-refractivity contribution in [3.05, 3.63) is 60.2 Å². The molecule has 6 heteroatoms. The molecular weight excluding hydrogens is 336 g/mol. The number of ether oxygens (including phenoxy) is 1. The smallest absolute Gasteiger partial charge is 0.242 e. The third-order valence-corrected chi connectivity index (χ3v) is 4.52. The molecule has 2 amide bonds. The van der Waals surface area contributed by atoms with E-state index >= 15 is 0 Å². The van der Waals surface area contributed by atoms with Crippen LogP contribution in [0.1, 0.15) is 18.4 Å². The van der Waals surface area contributed by atoms with Crippen LogP contribution in [0.5, 0.6) is 5.75 Å². The van der Waals surface area contributed by atoms with Gasteiger partial charge in [-0.15, -0.1) is 11.8 Å². The Labute approximate surface area is 152 Å². The summed E-state index contributed by atoms with van der Waals surface area (Å²) in [7, 11) is 1.59. The van der Waals surface area contributed by atoms with E-state index in [1.54, 1.807) is 31.0 Å². The molecule has 25 heavy (non-hydrogen) atoms. The number of carbonyl (C=O) groups excluding carboxylic acids is 2. The van der Waals surface area contributed by atoms with Gasteiger partial charge in [-0.25, -0.2) is 0 Å². The number of hydrogen-bond acceptors (Lipinski definition) is 4. The third kappa shape index (κ3) is 7.30. The summed E-state index contributed by atoms with van der Waals surface area (Å²) in [6.07, 6.45) is 1.33. The zero-order valence-corrected chi connectivity index (χ0v) is 15.0. The summed E-state index contributed by atoms with van der Waals surface area (Å²) < 4.78 is 5.07. The first-order valence-corrected chi connectivity index (χ1v) is 9.04. The maximum Gasteiger partial charge on any atom is 0.242 e. The Kier molecular flexibility index (Phi) is 7.85. The SMILES string of the molecule is COc1ccc(CC(=O)NNC(=O)CCCSc2ccccc2)cc1. The molecule has 0 aliphatic carbocycles. The van der Waals surface area contributed by atoms with Crippen LogP contribution in [0.2, 0.25) is 0 Å². The molecule has 0 fully saturated rings. The largest absolute Gasteiger partial charge is 0.497 e. The van der Waals surface area contributed by atoms with E-state index in [9.17, 15) is 9.59 Å². The van der Waals surface area contributed by atoms with Crippen LogP contribution in [0.4, 0.5) is 0 Å². The average molecular weight is 358 g/mol. The molecule has 0 radical (unpaired) electrons. The monoisotopic (exact) mass is 358 g/mol. The standard InChI is InChI=1S/C19H22N2O3S/c1-24-16-11-9-15(10-12-16)14-19(23)21-20-18(22)8-5-13-25-17-6-3-2-4-7-17/h2-4,6-7,9-12H,5,8,13-14H2,1H3,(H,20,22)(H,21,23). The second kappa shape index (κ2) is 10.4. The zero-order valence-electron chi connectivity index (χ0n) is 14.2. The van der Waals surface area contributed by atoms with Crippen molar-refractivity contribution in [2.24, 2.45) is 0 Å². The van der Waals surface area contributed by atoms with Crippen molar-refractivity contribution in [2.75, 3.05) is 12.9 Å². The number of nitrogens with one attached hydrogen (secondary N) is 2. The van der Waals surface area contributed by atoms with E-state index in [1.807, 2.05) is 42.5 Å². The molecule has 5 nitrogen and oxygen atoms in total. The minimum atomic E-state index is -0.253. The predicted octanol–water partition coefficient (Wildman–Crippen LogP) is 2.96. The Morgan fingerprint density at radius 2 is 1.64 bits per heavy atom. The van der Waals surface area contributed by atoms with Gasteiger partial charge in [0.15, 0.2) is 0 Å². The summed E-state index contributed by atoms with van der Waals surface area (Å²) in [5, 5.41) is 0. The van der Waals surface area contributed by atoms with Gasteiger partial charge >= 0.3 is 0 Å². The Morgan fingerprint density at radius 1 is 0.960 bits per heavy atom. The molecule has 0 atom stereocenters. The fourth-order valence-corrected chi connectivity index (χ4v) is 2.99. The molecule has 0 aliphatic rings. The molecule has 2 aromatic carbocycles. The van der Waals surface area contributed by atoms with Crippen molar-refractivity contribution < 1.29 is 14.3 Å². The van der Waals surface area contributed by atoms with E-state index in [4.69, 9.17) is 4.74 Å². The highest BCUT2D eigenvalue weighted by Gasteiger charge is 2.06. The number of carbonyl (C=O) groups is 2. The minimum Gasteiger partial charge on any atom is -0.497 e. The fourth-order valence-electron chi connectivity index (χ4n) is 2.11. The molecule has 132 valence electrons. The summed E-state index contributed by atoms with van der Waals surface area (Å²) in [5.41, 5.74) is 5.75. The first kappa shape index (κ1) is 18.9. The summed E-state index contributed by atoms with van der Waals surface area (Å²) in [6, 6.07) is 17.3. The molecular formula is C19H22N2O3S. The number of rotatable bonds is 8. The molecule has 0 aromatic heterocycles. The van der Waals surface area contributed by atoms with Gasteiger partial charge in [0.1, 0.15) is 5.75 Å². The van der Waals surface area contributed by atoms with Gasteiger partial charge in [-0.05, 0) is 42.0 Å². The van der Waals surface area contributed by atoms with Crippen LogP contribution in [0.25, 0.3) is 0 Å². The number of methoxy groups -OCH3 is 1. The summed E-state index contributed by atoms with van der Waals surface area (Å²) in [5.74, 6) is 1.16. The number of thioether (sulfide) groups is 1. The van der Waals surface area contributed by atoms with Crippen molar-refractivity contribution >= 4 is 23.6 Å². The van der Waals surface area contributed by atoms with E-state index in [1.165, 1.54) is 4.90 Å². The maximum absolute atomic E-state index is 11.8.